The van der Waals surface area contributed by atoms with E-state index >= 15 is 0 Å². The van der Waals surface area contributed by atoms with E-state index in [4.69, 9.17) is 0 Å². The molecule has 0 aliphatic carbocycles. The van der Waals surface area contributed by atoms with Crippen molar-refractivity contribution in [3.8, 4) is 0 Å². The molecule has 0 fully saturated rings. The minimum Gasteiger partial charge on any atom is -0.267 e. The zero-order valence-corrected chi connectivity index (χ0v) is 14.7. The smallest absolute Gasteiger partial charge is 0.267 e. The third-order valence-corrected chi connectivity index (χ3v) is 4.22. The Morgan fingerprint density at radius 1 is 1.00 bits per heavy atom. The van der Waals surface area contributed by atoms with Crippen LogP contribution in [-0.4, -0.2) is 22.3 Å². The van der Waals surface area contributed by atoms with E-state index < -0.39 is 22.6 Å². The number of halogens is 1. The van der Waals surface area contributed by atoms with Gasteiger partial charge in [0.25, 0.3) is 11.8 Å². The van der Waals surface area contributed by atoms with Crippen molar-refractivity contribution in [2.75, 3.05) is 6.26 Å². The SMILES string of the molecule is CS(=O)Cc1cccc(C(=O)NNC(=O)c2ccc(Br)cc2)c1. The summed E-state index contributed by atoms with van der Waals surface area (Å²) in [6.45, 7) is 0. The highest BCUT2D eigenvalue weighted by atomic mass is 79.9. The maximum Gasteiger partial charge on any atom is 0.269 e. The van der Waals surface area contributed by atoms with E-state index in [1.54, 1.807) is 54.8 Å². The first-order chi connectivity index (χ1) is 11.0. The molecule has 2 aromatic rings. The van der Waals surface area contributed by atoms with E-state index in [0.29, 0.717) is 16.9 Å². The van der Waals surface area contributed by atoms with Crippen molar-refractivity contribution in [1.29, 1.82) is 0 Å². The Kier molecular flexibility index (Phi) is 6.06. The van der Waals surface area contributed by atoms with Gasteiger partial charge in [0.1, 0.15) is 0 Å². The van der Waals surface area contributed by atoms with E-state index in [9.17, 15) is 13.8 Å². The van der Waals surface area contributed by atoms with Gasteiger partial charge in [0, 0.05) is 38.4 Å². The van der Waals surface area contributed by atoms with Crippen molar-refractivity contribution in [2.45, 2.75) is 5.75 Å². The van der Waals surface area contributed by atoms with Crippen LogP contribution in [0.15, 0.2) is 53.0 Å². The van der Waals surface area contributed by atoms with Gasteiger partial charge in [-0.25, -0.2) is 0 Å². The van der Waals surface area contributed by atoms with Gasteiger partial charge >= 0.3 is 0 Å². The molecule has 0 bridgehead atoms. The van der Waals surface area contributed by atoms with Gasteiger partial charge in [0.05, 0.1) is 0 Å². The quantitative estimate of drug-likeness (QED) is 0.781. The first kappa shape index (κ1) is 17.4. The fourth-order valence-corrected chi connectivity index (χ4v) is 2.81. The number of hydrazine groups is 1. The first-order valence-electron chi connectivity index (χ1n) is 6.71. The molecule has 120 valence electrons. The molecule has 1 unspecified atom stereocenters. The third kappa shape index (κ3) is 5.30. The molecule has 23 heavy (non-hydrogen) atoms. The largest absolute Gasteiger partial charge is 0.269 e. The van der Waals surface area contributed by atoms with Crippen molar-refractivity contribution in [1.82, 2.24) is 10.9 Å². The molecule has 0 radical (unpaired) electrons. The molecule has 1 atom stereocenters. The highest BCUT2D eigenvalue weighted by Crippen LogP contribution is 2.10. The minimum atomic E-state index is -0.981. The molecule has 0 saturated carbocycles. The van der Waals surface area contributed by atoms with Crippen LogP contribution >= 0.6 is 15.9 Å². The van der Waals surface area contributed by atoms with E-state index in [1.165, 1.54) is 0 Å². The fraction of sp³-hybridized carbons (Fsp3) is 0.125. The molecule has 0 heterocycles. The summed E-state index contributed by atoms with van der Waals surface area (Å²) < 4.78 is 12.1. The normalized spacial score (nSPS) is 11.6. The van der Waals surface area contributed by atoms with E-state index in [2.05, 4.69) is 26.8 Å². The Labute approximate surface area is 145 Å². The Hall–Kier alpha value is -1.99. The molecular weight excluding hydrogens is 380 g/mol. The van der Waals surface area contributed by atoms with Crippen LogP contribution in [0.2, 0.25) is 0 Å². The maximum atomic E-state index is 12.1. The van der Waals surface area contributed by atoms with Gasteiger partial charge in [-0.2, -0.15) is 0 Å². The number of amides is 2. The van der Waals surface area contributed by atoms with Gasteiger partial charge in [-0.3, -0.25) is 24.6 Å². The lowest BCUT2D eigenvalue weighted by atomic mass is 10.1. The summed E-state index contributed by atoms with van der Waals surface area (Å²) in [7, 11) is -0.981. The van der Waals surface area contributed by atoms with E-state index in [0.717, 1.165) is 10.0 Å². The van der Waals surface area contributed by atoms with Crippen LogP contribution in [0, 0.1) is 0 Å². The number of carbonyl (C=O) groups is 2. The number of hydrogen-bond donors (Lipinski definition) is 2. The number of benzene rings is 2. The third-order valence-electron chi connectivity index (χ3n) is 2.96. The summed E-state index contributed by atoms with van der Waals surface area (Å²) in [6.07, 6.45) is 1.60. The van der Waals surface area contributed by atoms with E-state index in [1.807, 2.05) is 0 Å². The Bertz CT molecular complexity index is 747. The van der Waals surface area contributed by atoms with Gasteiger partial charge in [0.2, 0.25) is 0 Å². The zero-order valence-electron chi connectivity index (χ0n) is 12.3. The lowest BCUT2D eigenvalue weighted by Crippen LogP contribution is -2.41. The maximum absolute atomic E-state index is 12.1. The van der Waals surface area contributed by atoms with Gasteiger partial charge in [-0.05, 0) is 42.0 Å². The average molecular weight is 395 g/mol. The number of carbonyl (C=O) groups excluding carboxylic acids is 2. The van der Waals surface area contributed by atoms with Gasteiger partial charge in [0.15, 0.2) is 0 Å². The second-order valence-electron chi connectivity index (χ2n) is 4.83. The van der Waals surface area contributed by atoms with Crippen molar-refractivity contribution >= 4 is 38.5 Å². The van der Waals surface area contributed by atoms with E-state index in [-0.39, 0.29) is 0 Å². The molecule has 0 aliphatic heterocycles. The minimum absolute atomic E-state index is 0.381. The zero-order chi connectivity index (χ0) is 16.8. The van der Waals surface area contributed by atoms with Crippen LogP contribution in [0.4, 0.5) is 0 Å². The summed E-state index contributed by atoms with van der Waals surface area (Å²) in [5.74, 6) is -0.456. The molecule has 2 amide bonds. The monoisotopic (exact) mass is 394 g/mol. The summed E-state index contributed by atoms with van der Waals surface area (Å²) >= 11 is 3.29. The predicted molar refractivity (Wildman–Crippen MR) is 93.3 cm³/mol. The first-order valence-corrected chi connectivity index (χ1v) is 9.23. The van der Waals surface area contributed by atoms with Crippen LogP contribution < -0.4 is 10.9 Å². The number of nitrogens with one attached hydrogen (secondary N) is 2. The van der Waals surface area contributed by atoms with Crippen molar-refractivity contribution in [3.63, 3.8) is 0 Å². The summed E-state index contributed by atoms with van der Waals surface area (Å²) in [5.41, 5.74) is 6.36. The predicted octanol–water partition coefficient (Wildman–Crippen LogP) is 2.40. The van der Waals surface area contributed by atoms with Gasteiger partial charge < -0.3 is 0 Å². The Balaban J connectivity index is 1.98. The van der Waals surface area contributed by atoms with Gasteiger partial charge in [-0.1, -0.05) is 28.1 Å². The molecule has 0 aliphatic rings. The van der Waals surface area contributed by atoms with Crippen molar-refractivity contribution in [3.05, 3.63) is 69.7 Å². The Morgan fingerprint density at radius 2 is 1.61 bits per heavy atom. The standard InChI is InChI=1S/C16H15BrN2O3S/c1-23(22)10-11-3-2-4-13(9-11)16(21)19-18-15(20)12-5-7-14(17)8-6-12/h2-9H,10H2,1H3,(H,18,20)(H,19,21). The molecule has 2 aromatic carbocycles. The van der Waals surface area contributed by atoms with Crippen molar-refractivity contribution < 1.29 is 13.8 Å². The topological polar surface area (TPSA) is 75.3 Å². The summed E-state index contributed by atoms with van der Waals surface area (Å²) in [5, 5.41) is 0. The highest BCUT2D eigenvalue weighted by molar-refractivity contribution is 9.10. The lowest BCUT2D eigenvalue weighted by molar-refractivity contribution is 0.0846. The molecular formula is C16H15BrN2O3S. The molecule has 2 N–H and O–H groups in total. The molecule has 0 spiro atoms. The van der Waals surface area contributed by atoms with Gasteiger partial charge in [-0.15, -0.1) is 0 Å². The van der Waals surface area contributed by atoms with Crippen LogP contribution in [0.5, 0.6) is 0 Å². The second-order valence-corrected chi connectivity index (χ2v) is 7.18. The lowest BCUT2D eigenvalue weighted by Gasteiger charge is -2.08. The molecule has 2 rings (SSSR count). The molecule has 7 heteroatoms. The highest BCUT2D eigenvalue weighted by Gasteiger charge is 2.10. The van der Waals surface area contributed by atoms with Crippen LogP contribution in [0.1, 0.15) is 26.3 Å². The molecule has 5 nitrogen and oxygen atoms in total. The van der Waals surface area contributed by atoms with Crippen LogP contribution in [0.25, 0.3) is 0 Å². The molecule has 0 aromatic heterocycles. The number of rotatable bonds is 4. The fourth-order valence-electron chi connectivity index (χ4n) is 1.90. The van der Waals surface area contributed by atoms with Crippen LogP contribution in [0.3, 0.4) is 0 Å². The van der Waals surface area contributed by atoms with Crippen molar-refractivity contribution in [2.24, 2.45) is 0 Å². The van der Waals surface area contributed by atoms with Crippen LogP contribution in [-0.2, 0) is 16.6 Å². The second kappa shape index (κ2) is 8.03. The number of hydrogen-bond acceptors (Lipinski definition) is 3. The average Bonchev–Trinajstić information content (AvgIpc) is 2.52. The Morgan fingerprint density at radius 3 is 2.22 bits per heavy atom. The summed E-state index contributed by atoms with van der Waals surface area (Å²) in [4.78, 5) is 24.0. The molecule has 0 saturated heterocycles. The summed E-state index contributed by atoms with van der Waals surface area (Å²) in [6, 6.07) is 13.6.